The fourth-order valence-electron chi connectivity index (χ4n) is 4.18. The molecule has 4 rings (SSSR count). The van der Waals surface area contributed by atoms with E-state index < -0.39 is 0 Å². The average Bonchev–Trinajstić information content (AvgIpc) is 3.18. The summed E-state index contributed by atoms with van der Waals surface area (Å²) in [5, 5.41) is 0. The molecule has 1 aliphatic carbocycles. The van der Waals surface area contributed by atoms with Gasteiger partial charge in [0, 0.05) is 0 Å². The van der Waals surface area contributed by atoms with Gasteiger partial charge in [-0.2, -0.15) is 0 Å². The number of rotatable bonds is 4. The van der Waals surface area contributed by atoms with Gasteiger partial charge in [0.05, 0.1) is 12.0 Å². The predicted octanol–water partition coefficient (Wildman–Crippen LogP) is 6.39. The first-order valence-corrected chi connectivity index (χ1v) is 9.87. The molecule has 1 aliphatic heterocycles. The van der Waals surface area contributed by atoms with Crippen LogP contribution in [0.25, 0.3) is 11.1 Å². The number of carbonyl (C=O) groups excluding carboxylic acids is 1. The van der Waals surface area contributed by atoms with E-state index in [9.17, 15) is 4.79 Å². The van der Waals surface area contributed by atoms with Crippen LogP contribution in [0.15, 0.2) is 54.6 Å². The average molecular weight is 358 g/mol. The highest BCUT2D eigenvalue weighted by Gasteiger charge is 2.37. The van der Waals surface area contributed by atoms with E-state index in [0.29, 0.717) is 6.42 Å². The molecule has 2 aromatic carbocycles. The van der Waals surface area contributed by atoms with Crippen molar-refractivity contribution in [3.8, 4) is 5.75 Å². The number of Topliss-reactive ketones (excluding diaryl/α,β-unsaturated/α-hetero) is 1. The molecule has 2 aromatic rings. The van der Waals surface area contributed by atoms with Crippen LogP contribution in [0.5, 0.6) is 5.75 Å². The molecule has 0 aromatic heterocycles. The second-order valence-corrected chi connectivity index (χ2v) is 7.68. The van der Waals surface area contributed by atoms with Gasteiger partial charge in [-0.15, -0.1) is 0 Å². The van der Waals surface area contributed by atoms with Crippen LogP contribution < -0.4 is 4.74 Å². The molecule has 2 nitrogen and oxygen atoms in total. The second kappa shape index (κ2) is 6.84. The predicted molar refractivity (Wildman–Crippen MR) is 111 cm³/mol. The van der Waals surface area contributed by atoms with Crippen LogP contribution in [-0.2, 0) is 0 Å². The summed E-state index contributed by atoms with van der Waals surface area (Å²) in [6, 6.07) is 14.6. The number of carbonyl (C=O) groups is 1. The van der Waals surface area contributed by atoms with E-state index in [-0.39, 0.29) is 11.4 Å². The molecule has 0 saturated carbocycles. The van der Waals surface area contributed by atoms with Crippen LogP contribution in [0.2, 0.25) is 0 Å². The van der Waals surface area contributed by atoms with E-state index in [0.717, 1.165) is 36.1 Å². The van der Waals surface area contributed by atoms with E-state index in [1.807, 2.05) is 12.1 Å². The molecule has 0 saturated heterocycles. The third-order valence-electron chi connectivity index (χ3n) is 6.11. The summed E-state index contributed by atoms with van der Waals surface area (Å²) in [5.74, 6) is 0.942. The van der Waals surface area contributed by atoms with Crippen LogP contribution in [0.1, 0.15) is 66.6 Å². The van der Waals surface area contributed by atoms with Gasteiger partial charge in [0.2, 0.25) is 0 Å². The number of allylic oxidation sites excluding steroid dienone is 4. The monoisotopic (exact) mass is 358 g/mol. The van der Waals surface area contributed by atoms with E-state index in [4.69, 9.17) is 4.74 Å². The first kappa shape index (κ1) is 17.8. The largest absolute Gasteiger partial charge is 0.486 e. The topological polar surface area (TPSA) is 26.3 Å². The Morgan fingerprint density at radius 3 is 2.44 bits per heavy atom. The van der Waals surface area contributed by atoms with Crippen molar-refractivity contribution in [3.05, 3.63) is 76.9 Å². The van der Waals surface area contributed by atoms with Gasteiger partial charge in [-0.05, 0) is 66.2 Å². The van der Waals surface area contributed by atoms with Crippen molar-refractivity contribution in [1.82, 2.24) is 0 Å². The standard InChI is InChI=1S/C25H26O2/c1-4-25(5-2)16-23(26)22-15-19(12-13-24(22)27-25)18-10-11-20(14-18)21-9-7-6-8-17(21)3/h6-13,15H,4-5,14,16H2,1-3H3. The first-order valence-electron chi connectivity index (χ1n) is 9.87. The highest BCUT2D eigenvalue weighted by Crippen LogP contribution is 2.40. The number of ketones is 1. The zero-order chi connectivity index (χ0) is 19.0. The number of benzene rings is 2. The maximum atomic E-state index is 12.8. The van der Waals surface area contributed by atoms with Gasteiger partial charge in [-0.3, -0.25) is 4.79 Å². The van der Waals surface area contributed by atoms with Crippen molar-refractivity contribution in [2.24, 2.45) is 0 Å². The molecule has 0 spiro atoms. The van der Waals surface area contributed by atoms with Gasteiger partial charge in [-0.1, -0.05) is 56.3 Å². The Balaban J connectivity index is 1.59. The van der Waals surface area contributed by atoms with Crippen molar-refractivity contribution in [2.75, 3.05) is 0 Å². The summed E-state index contributed by atoms with van der Waals surface area (Å²) in [6.45, 7) is 6.34. The van der Waals surface area contributed by atoms with E-state index in [1.54, 1.807) is 0 Å². The van der Waals surface area contributed by atoms with Crippen LogP contribution in [-0.4, -0.2) is 11.4 Å². The Morgan fingerprint density at radius 1 is 0.963 bits per heavy atom. The lowest BCUT2D eigenvalue weighted by Gasteiger charge is -2.36. The number of aryl methyl sites for hydroxylation is 1. The van der Waals surface area contributed by atoms with E-state index in [1.165, 1.54) is 22.3 Å². The van der Waals surface area contributed by atoms with Crippen molar-refractivity contribution in [1.29, 1.82) is 0 Å². The molecular formula is C25H26O2. The number of fused-ring (bicyclic) bond motifs is 1. The molecule has 2 heteroatoms. The summed E-state index contributed by atoms with van der Waals surface area (Å²) in [7, 11) is 0. The fraction of sp³-hybridized carbons (Fsp3) is 0.320. The van der Waals surface area contributed by atoms with Gasteiger partial charge >= 0.3 is 0 Å². The lowest BCUT2D eigenvalue weighted by molar-refractivity contribution is 0.0350. The first-order chi connectivity index (χ1) is 13.0. The molecule has 0 radical (unpaired) electrons. The minimum atomic E-state index is -0.336. The highest BCUT2D eigenvalue weighted by atomic mass is 16.5. The third kappa shape index (κ3) is 3.14. The lowest BCUT2D eigenvalue weighted by atomic mass is 9.85. The molecule has 0 N–H and O–H groups in total. The normalized spacial score (nSPS) is 17.8. The van der Waals surface area contributed by atoms with E-state index in [2.05, 4.69) is 63.3 Å². The maximum Gasteiger partial charge on any atom is 0.170 e. The van der Waals surface area contributed by atoms with Crippen molar-refractivity contribution < 1.29 is 9.53 Å². The summed E-state index contributed by atoms with van der Waals surface area (Å²) < 4.78 is 6.26. The SMILES string of the molecule is CCC1(CC)CC(=O)c2cc(C3=CC=C(c4ccccc4C)C3)ccc2O1. The number of ether oxygens (including phenoxy) is 1. The minimum absolute atomic E-state index is 0.201. The minimum Gasteiger partial charge on any atom is -0.486 e. The molecule has 27 heavy (non-hydrogen) atoms. The lowest BCUT2D eigenvalue weighted by Crippen LogP contribution is -2.40. The van der Waals surface area contributed by atoms with E-state index >= 15 is 0 Å². The van der Waals surface area contributed by atoms with Crippen LogP contribution in [0, 0.1) is 6.92 Å². The van der Waals surface area contributed by atoms with Crippen molar-refractivity contribution >= 4 is 16.9 Å². The summed E-state index contributed by atoms with van der Waals surface area (Å²) in [6.07, 6.45) is 7.46. The van der Waals surface area contributed by atoms with Gasteiger partial charge in [0.1, 0.15) is 11.4 Å². The zero-order valence-corrected chi connectivity index (χ0v) is 16.3. The molecule has 138 valence electrons. The van der Waals surface area contributed by atoms with Gasteiger partial charge in [0.25, 0.3) is 0 Å². The Kier molecular flexibility index (Phi) is 4.51. The van der Waals surface area contributed by atoms with Gasteiger partial charge in [0.15, 0.2) is 5.78 Å². The Hall–Kier alpha value is -2.61. The number of hydrogen-bond donors (Lipinski definition) is 0. The van der Waals surface area contributed by atoms with Gasteiger partial charge < -0.3 is 4.74 Å². The quantitative estimate of drug-likeness (QED) is 0.633. The Bertz CT molecular complexity index is 958. The van der Waals surface area contributed by atoms with Gasteiger partial charge in [-0.25, -0.2) is 0 Å². The third-order valence-corrected chi connectivity index (χ3v) is 6.11. The fourth-order valence-corrected chi connectivity index (χ4v) is 4.18. The smallest absolute Gasteiger partial charge is 0.170 e. The second-order valence-electron chi connectivity index (χ2n) is 7.68. The molecule has 1 heterocycles. The highest BCUT2D eigenvalue weighted by molar-refractivity contribution is 6.01. The Labute approximate surface area is 161 Å². The summed E-state index contributed by atoms with van der Waals surface area (Å²) >= 11 is 0. The molecule has 0 atom stereocenters. The van der Waals surface area contributed by atoms with Crippen molar-refractivity contribution in [3.63, 3.8) is 0 Å². The zero-order valence-electron chi connectivity index (χ0n) is 16.3. The Morgan fingerprint density at radius 2 is 1.70 bits per heavy atom. The van der Waals surface area contributed by atoms with Crippen molar-refractivity contribution in [2.45, 2.75) is 52.1 Å². The molecule has 0 bridgehead atoms. The maximum absolute atomic E-state index is 12.8. The summed E-state index contributed by atoms with van der Waals surface area (Å²) in [5.41, 5.74) is 6.70. The molecule has 2 aliphatic rings. The molecule has 0 unspecified atom stereocenters. The number of hydrogen-bond acceptors (Lipinski definition) is 2. The summed E-state index contributed by atoms with van der Waals surface area (Å²) in [4.78, 5) is 12.8. The van der Waals surface area contributed by atoms with Crippen LogP contribution in [0.4, 0.5) is 0 Å². The molecule has 0 amide bonds. The van der Waals surface area contributed by atoms with Crippen LogP contribution in [0.3, 0.4) is 0 Å². The molecular weight excluding hydrogens is 332 g/mol. The molecule has 0 fully saturated rings. The van der Waals surface area contributed by atoms with Crippen LogP contribution >= 0.6 is 0 Å².